The molecule has 2 heteroatoms. The molecule has 1 fully saturated rings. The lowest BCUT2D eigenvalue weighted by molar-refractivity contribution is -0.139. The third kappa shape index (κ3) is 2.04. The fourth-order valence-corrected chi connectivity index (χ4v) is 2.11. The molecule has 0 amide bonds. The molecule has 1 aromatic carbocycles. The van der Waals surface area contributed by atoms with Crippen molar-refractivity contribution in [2.24, 2.45) is 5.92 Å². The number of hydrogen-bond donors (Lipinski definition) is 1. The van der Waals surface area contributed by atoms with Crippen molar-refractivity contribution < 1.29 is 9.90 Å². The fraction of sp³-hybridized carbons (Fsp3) is 0.462. The molecule has 1 aromatic rings. The third-order valence-electron chi connectivity index (χ3n) is 3.13. The van der Waals surface area contributed by atoms with Gasteiger partial charge in [-0.3, -0.25) is 4.79 Å². The minimum Gasteiger partial charge on any atom is -0.481 e. The van der Waals surface area contributed by atoms with Gasteiger partial charge in [-0.1, -0.05) is 23.8 Å². The first kappa shape index (κ1) is 10.2. The molecule has 80 valence electrons. The predicted octanol–water partition coefficient (Wildman–Crippen LogP) is 2.88. The summed E-state index contributed by atoms with van der Waals surface area (Å²) in [5, 5.41) is 9.25. The normalized spacial score (nSPS) is 17.5. The maximum atomic E-state index is 11.2. The van der Waals surface area contributed by atoms with E-state index in [0.717, 1.165) is 29.5 Å². The van der Waals surface area contributed by atoms with E-state index in [0.29, 0.717) is 5.92 Å². The summed E-state index contributed by atoms with van der Waals surface area (Å²) in [7, 11) is 0. The second-order valence-electron chi connectivity index (χ2n) is 4.51. The molecule has 0 aliphatic heterocycles. The molecule has 1 atom stereocenters. The van der Waals surface area contributed by atoms with E-state index in [4.69, 9.17) is 0 Å². The Morgan fingerprint density at radius 1 is 1.40 bits per heavy atom. The van der Waals surface area contributed by atoms with Gasteiger partial charge in [-0.05, 0) is 43.7 Å². The minimum atomic E-state index is -0.675. The number of aryl methyl sites for hydroxylation is 2. The van der Waals surface area contributed by atoms with Gasteiger partial charge in [-0.25, -0.2) is 0 Å². The molecular weight excluding hydrogens is 188 g/mol. The highest BCUT2D eigenvalue weighted by molar-refractivity contribution is 5.77. The van der Waals surface area contributed by atoms with Crippen LogP contribution >= 0.6 is 0 Å². The SMILES string of the molecule is Cc1ccc(C)c(C(C(=O)O)C2CC2)c1. The smallest absolute Gasteiger partial charge is 0.311 e. The molecule has 0 saturated heterocycles. The molecule has 1 unspecified atom stereocenters. The van der Waals surface area contributed by atoms with Crippen LogP contribution in [-0.2, 0) is 4.79 Å². The first-order valence-electron chi connectivity index (χ1n) is 5.39. The van der Waals surface area contributed by atoms with Crippen molar-refractivity contribution in [3.05, 3.63) is 34.9 Å². The van der Waals surface area contributed by atoms with Gasteiger partial charge in [0.2, 0.25) is 0 Å². The van der Waals surface area contributed by atoms with Gasteiger partial charge in [0.25, 0.3) is 0 Å². The van der Waals surface area contributed by atoms with Crippen LogP contribution in [0.25, 0.3) is 0 Å². The van der Waals surface area contributed by atoms with Gasteiger partial charge >= 0.3 is 5.97 Å². The molecule has 1 aliphatic carbocycles. The fourth-order valence-electron chi connectivity index (χ4n) is 2.11. The van der Waals surface area contributed by atoms with Gasteiger partial charge < -0.3 is 5.11 Å². The second-order valence-corrected chi connectivity index (χ2v) is 4.51. The standard InChI is InChI=1S/C13H16O2/c1-8-3-4-9(2)11(7-8)12(13(14)15)10-5-6-10/h3-4,7,10,12H,5-6H2,1-2H3,(H,14,15). The highest BCUT2D eigenvalue weighted by atomic mass is 16.4. The first-order valence-corrected chi connectivity index (χ1v) is 5.39. The average molecular weight is 204 g/mol. The van der Waals surface area contributed by atoms with Gasteiger partial charge in [0, 0.05) is 0 Å². The first-order chi connectivity index (χ1) is 7.09. The molecule has 2 rings (SSSR count). The summed E-state index contributed by atoms with van der Waals surface area (Å²) in [5.74, 6) is -0.598. The number of aliphatic carboxylic acids is 1. The van der Waals surface area contributed by atoms with E-state index < -0.39 is 5.97 Å². The summed E-state index contributed by atoms with van der Waals surface area (Å²) in [5.41, 5.74) is 3.24. The summed E-state index contributed by atoms with van der Waals surface area (Å²) >= 11 is 0. The number of benzene rings is 1. The zero-order chi connectivity index (χ0) is 11.0. The van der Waals surface area contributed by atoms with Crippen LogP contribution in [0.3, 0.4) is 0 Å². The van der Waals surface area contributed by atoms with E-state index >= 15 is 0 Å². The molecule has 15 heavy (non-hydrogen) atoms. The molecule has 1 N–H and O–H groups in total. The monoisotopic (exact) mass is 204 g/mol. The molecule has 0 aromatic heterocycles. The van der Waals surface area contributed by atoms with Gasteiger partial charge in [0.1, 0.15) is 0 Å². The van der Waals surface area contributed by atoms with Gasteiger partial charge in [0.15, 0.2) is 0 Å². The maximum absolute atomic E-state index is 11.2. The van der Waals surface area contributed by atoms with E-state index in [-0.39, 0.29) is 5.92 Å². The Bertz CT molecular complexity index is 392. The Balaban J connectivity index is 2.40. The lowest BCUT2D eigenvalue weighted by atomic mass is 9.90. The lowest BCUT2D eigenvalue weighted by Gasteiger charge is -2.15. The quantitative estimate of drug-likeness (QED) is 0.822. The van der Waals surface area contributed by atoms with E-state index in [9.17, 15) is 9.90 Å². The van der Waals surface area contributed by atoms with Crippen molar-refractivity contribution in [2.45, 2.75) is 32.6 Å². The highest BCUT2D eigenvalue weighted by Gasteiger charge is 2.37. The van der Waals surface area contributed by atoms with E-state index in [1.165, 1.54) is 0 Å². The Morgan fingerprint density at radius 3 is 2.60 bits per heavy atom. The van der Waals surface area contributed by atoms with Gasteiger partial charge in [-0.2, -0.15) is 0 Å². The Labute approximate surface area is 89.9 Å². The molecule has 1 aliphatic rings. The van der Waals surface area contributed by atoms with E-state index in [2.05, 4.69) is 0 Å². The second kappa shape index (κ2) is 3.69. The van der Waals surface area contributed by atoms with Crippen molar-refractivity contribution >= 4 is 5.97 Å². The molecule has 0 bridgehead atoms. The number of carboxylic acid groups (broad SMARTS) is 1. The molecule has 2 nitrogen and oxygen atoms in total. The van der Waals surface area contributed by atoms with Crippen LogP contribution in [0.4, 0.5) is 0 Å². The summed E-state index contributed by atoms with van der Waals surface area (Å²) in [6.07, 6.45) is 2.12. The maximum Gasteiger partial charge on any atom is 0.311 e. The minimum absolute atomic E-state index is 0.287. The van der Waals surface area contributed by atoms with Crippen LogP contribution in [0.15, 0.2) is 18.2 Å². The Hall–Kier alpha value is -1.31. The number of carboxylic acids is 1. The van der Waals surface area contributed by atoms with Crippen LogP contribution in [0.1, 0.15) is 35.4 Å². The highest BCUT2D eigenvalue weighted by Crippen LogP contribution is 2.43. The van der Waals surface area contributed by atoms with Gasteiger partial charge in [-0.15, -0.1) is 0 Å². The summed E-state index contributed by atoms with van der Waals surface area (Å²) in [4.78, 5) is 11.2. The molecule has 0 radical (unpaired) electrons. The average Bonchev–Trinajstić information content (AvgIpc) is 2.95. The summed E-state index contributed by atoms with van der Waals surface area (Å²) in [6, 6.07) is 6.07. The molecule has 0 heterocycles. The van der Waals surface area contributed by atoms with E-state index in [1.807, 2.05) is 32.0 Å². The zero-order valence-electron chi connectivity index (χ0n) is 9.16. The predicted molar refractivity (Wildman–Crippen MR) is 59.0 cm³/mol. The molecule has 0 spiro atoms. The lowest BCUT2D eigenvalue weighted by Crippen LogP contribution is -2.15. The third-order valence-corrected chi connectivity index (χ3v) is 3.13. The summed E-state index contributed by atoms with van der Waals surface area (Å²) in [6.45, 7) is 4.00. The Morgan fingerprint density at radius 2 is 2.07 bits per heavy atom. The van der Waals surface area contributed by atoms with Crippen molar-refractivity contribution in [2.75, 3.05) is 0 Å². The van der Waals surface area contributed by atoms with E-state index in [1.54, 1.807) is 0 Å². The zero-order valence-corrected chi connectivity index (χ0v) is 9.16. The largest absolute Gasteiger partial charge is 0.481 e. The van der Waals surface area contributed by atoms with Crippen molar-refractivity contribution in [1.29, 1.82) is 0 Å². The van der Waals surface area contributed by atoms with Crippen molar-refractivity contribution in [3.8, 4) is 0 Å². The molecule has 1 saturated carbocycles. The number of rotatable bonds is 3. The van der Waals surface area contributed by atoms with Crippen LogP contribution in [0.5, 0.6) is 0 Å². The topological polar surface area (TPSA) is 37.3 Å². The van der Waals surface area contributed by atoms with Crippen LogP contribution < -0.4 is 0 Å². The van der Waals surface area contributed by atoms with Crippen molar-refractivity contribution in [1.82, 2.24) is 0 Å². The van der Waals surface area contributed by atoms with Crippen molar-refractivity contribution in [3.63, 3.8) is 0 Å². The Kier molecular flexibility index (Phi) is 2.51. The number of hydrogen-bond acceptors (Lipinski definition) is 1. The van der Waals surface area contributed by atoms with Crippen LogP contribution in [-0.4, -0.2) is 11.1 Å². The van der Waals surface area contributed by atoms with Crippen LogP contribution in [0.2, 0.25) is 0 Å². The molecular formula is C13H16O2. The summed E-state index contributed by atoms with van der Waals surface area (Å²) < 4.78 is 0. The van der Waals surface area contributed by atoms with Crippen LogP contribution in [0, 0.1) is 19.8 Å². The van der Waals surface area contributed by atoms with Gasteiger partial charge in [0.05, 0.1) is 5.92 Å². The number of carbonyl (C=O) groups is 1.